The van der Waals surface area contributed by atoms with E-state index in [0.29, 0.717) is 18.8 Å². The minimum atomic E-state index is -0.322. The molecule has 6 rings (SSSR count). The molecule has 0 unspecified atom stereocenters. The first kappa shape index (κ1) is 17.0. The number of hydrogen-bond donors (Lipinski definition) is 1. The fourth-order valence-electron chi connectivity index (χ4n) is 6.36. The van der Waals surface area contributed by atoms with Gasteiger partial charge < -0.3 is 10.2 Å². The molecule has 1 aromatic carbocycles. The monoisotopic (exact) mass is 371 g/mol. The second-order valence-electron chi connectivity index (χ2n) is 9.08. The summed E-state index contributed by atoms with van der Waals surface area (Å²) in [4.78, 5) is 28.6. The highest BCUT2D eigenvalue weighted by Crippen LogP contribution is 2.55. The summed E-state index contributed by atoms with van der Waals surface area (Å²) < 4.78 is 13.1. The number of nitrogens with zero attached hydrogens (tertiary/aromatic N) is 2. The lowest BCUT2D eigenvalue weighted by Gasteiger charge is -2.57. The molecule has 1 heterocycles. The van der Waals surface area contributed by atoms with E-state index in [9.17, 15) is 14.0 Å². The zero-order chi connectivity index (χ0) is 18.6. The fourth-order valence-corrected chi connectivity index (χ4v) is 6.36. The maximum atomic E-state index is 13.1. The van der Waals surface area contributed by atoms with Gasteiger partial charge in [0.2, 0.25) is 5.91 Å². The van der Waals surface area contributed by atoms with Gasteiger partial charge in [0.1, 0.15) is 12.4 Å². The molecular weight excluding hydrogens is 345 g/mol. The van der Waals surface area contributed by atoms with Crippen molar-refractivity contribution in [2.45, 2.75) is 44.1 Å². The second-order valence-corrected chi connectivity index (χ2v) is 9.08. The lowest BCUT2D eigenvalue weighted by Crippen LogP contribution is -2.61. The van der Waals surface area contributed by atoms with Crippen LogP contribution in [0.15, 0.2) is 24.3 Å². The SMILES string of the molecule is O=C(CN1CCN(c2ccc(F)cc2)C1=O)NC12CC3CC(CC(C3)C1)C2. The third-order valence-electron chi connectivity index (χ3n) is 7.01. The van der Waals surface area contributed by atoms with Crippen molar-refractivity contribution in [1.82, 2.24) is 10.2 Å². The zero-order valence-electron chi connectivity index (χ0n) is 15.5. The number of nitrogens with one attached hydrogen (secondary N) is 1. The Balaban J connectivity index is 1.22. The molecule has 6 heteroatoms. The maximum absolute atomic E-state index is 13.1. The van der Waals surface area contributed by atoms with Crippen LogP contribution in [0.5, 0.6) is 0 Å². The first-order chi connectivity index (χ1) is 13.0. The first-order valence-electron chi connectivity index (χ1n) is 10.1. The van der Waals surface area contributed by atoms with Crippen molar-refractivity contribution in [2.75, 3.05) is 24.5 Å². The third-order valence-corrected chi connectivity index (χ3v) is 7.01. The average Bonchev–Trinajstić information content (AvgIpc) is 2.94. The predicted octanol–water partition coefficient (Wildman–Crippen LogP) is 3.15. The number of rotatable bonds is 4. The van der Waals surface area contributed by atoms with E-state index in [1.54, 1.807) is 21.9 Å². The van der Waals surface area contributed by atoms with Crippen molar-refractivity contribution < 1.29 is 14.0 Å². The van der Waals surface area contributed by atoms with Crippen molar-refractivity contribution in [1.29, 1.82) is 0 Å². The minimum absolute atomic E-state index is 0.0226. The van der Waals surface area contributed by atoms with Gasteiger partial charge in [-0.3, -0.25) is 9.69 Å². The van der Waals surface area contributed by atoms with Gasteiger partial charge in [0.25, 0.3) is 0 Å². The van der Waals surface area contributed by atoms with Crippen LogP contribution in [0.3, 0.4) is 0 Å². The Bertz CT molecular complexity index is 728. The number of anilines is 1. The molecule has 0 atom stereocenters. The predicted molar refractivity (Wildman–Crippen MR) is 99.8 cm³/mol. The molecule has 4 saturated carbocycles. The Morgan fingerprint density at radius 2 is 1.63 bits per heavy atom. The molecule has 144 valence electrons. The Labute approximate surface area is 158 Å². The van der Waals surface area contributed by atoms with Gasteiger partial charge in [0.05, 0.1) is 0 Å². The van der Waals surface area contributed by atoms with Crippen LogP contribution >= 0.6 is 0 Å². The van der Waals surface area contributed by atoms with E-state index in [0.717, 1.165) is 37.0 Å². The highest BCUT2D eigenvalue weighted by molar-refractivity contribution is 5.96. The van der Waals surface area contributed by atoms with Crippen LogP contribution in [-0.4, -0.2) is 42.0 Å². The van der Waals surface area contributed by atoms with Crippen LogP contribution in [0.2, 0.25) is 0 Å². The van der Waals surface area contributed by atoms with Crippen molar-refractivity contribution in [3.63, 3.8) is 0 Å². The Morgan fingerprint density at radius 1 is 1.04 bits per heavy atom. The molecule has 1 aromatic rings. The number of hydrogen-bond acceptors (Lipinski definition) is 2. The summed E-state index contributed by atoms with van der Waals surface area (Å²) in [6, 6.07) is 5.73. The van der Waals surface area contributed by atoms with Crippen LogP contribution in [-0.2, 0) is 4.79 Å². The number of urea groups is 1. The van der Waals surface area contributed by atoms with Crippen molar-refractivity contribution >= 4 is 17.6 Å². The van der Waals surface area contributed by atoms with Gasteiger partial charge in [-0.15, -0.1) is 0 Å². The topological polar surface area (TPSA) is 52.7 Å². The minimum Gasteiger partial charge on any atom is -0.349 e. The molecule has 4 aliphatic carbocycles. The zero-order valence-corrected chi connectivity index (χ0v) is 15.5. The van der Waals surface area contributed by atoms with Crippen LogP contribution < -0.4 is 10.2 Å². The van der Waals surface area contributed by atoms with Gasteiger partial charge in [-0.1, -0.05) is 0 Å². The van der Waals surface area contributed by atoms with Crippen molar-refractivity contribution in [3.8, 4) is 0 Å². The number of halogens is 1. The maximum Gasteiger partial charge on any atom is 0.325 e. The van der Waals surface area contributed by atoms with Crippen molar-refractivity contribution in [2.24, 2.45) is 17.8 Å². The Morgan fingerprint density at radius 3 is 2.22 bits per heavy atom. The Hall–Kier alpha value is -2.11. The highest BCUT2D eigenvalue weighted by Gasteiger charge is 2.51. The highest BCUT2D eigenvalue weighted by atomic mass is 19.1. The molecule has 0 aromatic heterocycles. The summed E-state index contributed by atoms with van der Waals surface area (Å²) in [5.74, 6) is 1.97. The number of amides is 3. The average molecular weight is 371 g/mol. The number of benzene rings is 1. The van der Waals surface area contributed by atoms with Gasteiger partial charge in [-0.05, 0) is 80.5 Å². The first-order valence-corrected chi connectivity index (χ1v) is 10.1. The smallest absolute Gasteiger partial charge is 0.325 e. The molecule has 5 aliphatic rings. The molecular formula is C21H26FN3O2. The molecule has 0 radical (unpaired) electrons. The van der Waals surface area contributed by atoms with Crippen LogP contribution in [0.1, 0.15) is 38.5 Å². The molecule has 4 bridgehead atoms. The van der Waals surface area contributed by atoms with E-state index in [1.165, 1.54) is 31.4 Å². The third kappa shape index (κ3) is 3.09. The van der Waals surface area contributed by atoms with E-state index in [-0.39, 0.29) is 29.8 Å². The van der Waals surface area contributed by atoms with Gasteiger partial charge in [-0.25, -0.2) is 9.18 Å². The standard InChI is InChI=1S/C21H26FN3O2/c22-17-1-3-18(4-2-17)25-6-5-24(20(25)27)13-19(26)23-21-10-14-7-15(11-21)9-16(8-14)12-21/h1-4,14-16H,5-13H2,(H,23,26). The molecule has 1 aliphatic heterocycles. The van der Waals surface area contributed by atoms with Gasteiger partial charge in [-0.2, -0.15) is 0 Å². The molecule has 1 N–H and O–H groups in total. The quantitative estimate of drug-likeness (QED) is 0.884. The summed E-state index contributed by atoms with van der Waals surface area (Å²) in [7, 11) is 0. The lowest BCUT2D eigenvalue weighted by molar-refractivity contribution is -0.127. The number of carbonyl (C=O) groups is 2. The summed E-state index contributed by atoms with van der Waals surface area (Å²) in [5.41, 5.74) is 0.649. The van der Waals surface area contributed by atoms with E-state index in [2.05, 4.69) is 5.32 Å². The fraction of sp³-hybridized carbons (Fsp3) is 0.619. The summed E-state index contributed by atoms with van der Waals surface area (Å²) in [5, 5.41) is 3.33. The summed E-state index contributed by atoms with van der Waals surface area (Å²) >= 11 is 0. The molecule has 27 heavy (non-hydrogen) atoms. The van der Waals surface area contributed by atoms with Gasteiger partial charge in [0.15, 0.2) is 0 Å². The summed E-state index contributed by atoms with van der Waals surface area (Å²) in [6.45, 7) is 1.15. The normalized spacial score (nSPS) is 34.4. The van der Waals surface area contributed by atoms with Gasteiger partial charge >= 0.3 is 6.03 Å². The number of carbonyl (C=O) groups excluding carboxylic acids is 2. The lowest BCUT2D eigenvalue weighted by atomic mass is 9.53. The van der Waals surface area contributed by atoms with Crippen LogP contribution in [0.25, 0.3) is 0 Å². The van der Waals surface area contributed by atoms with E-state index >= 15 is 0 Å². The summed E-state index contributed by atoms with van der Waals surface area (Å²) in [6.07, 6.45) is 7.35. The second kappa shape index (κ2) is 6.21. The van der Waals surface area contributed by atoms with E-state index in [1.807, 2.05) is 0 Å². The molecule has 5 fully saturated rings. The van der Waals surface area contributed by atoms with Gasteiger partial charge in [0, 0.05) is 24.3 Å². The largest absolute Gasteiger partial charge is 0.349 e. The Kier molecular flexibility index (Phi) is 3.92. The molecule has 5 nitrogen and oxygen atoms in total. The van der Waals surface area contributed by atoms with Crippen LogP contribution in [0.4, 0.5) is 14.9 Å². The molecule has 3 amide bonds. The van der Waals surface area contributed by atoms with E-state index < -0.39 is 0 Å². The van der Waals surface area contributed by atoms with Crippen LogP contribution in [0, 0.1) is 23.6 Å². The molecule has 1 saturated heterocycles. The molecule has 0 spiro atoms. The van der Waals surface area contributed by atoms with Crippen molar-refractivity contribution in [3.05, 3.63) is 30.1 Å². The van der Waals surface area contributed by atoms with E-state index in [4.69, 9.17) is 0 Å².